The summed E-state index contributed by atoms with van der Waals surface area (Å²) >= 11 is 0. The van der Waals surface area contributed by atoms with Gasteiger partial charge in [-0.15, -0.1) is 5.10 Å². The Morgan fingerprint density at radius 2 is 0.879 bits per heavy atom. The van der Waals surface area contributed by atoms with Crippen LogP contribution in [0.25, 0.3) is 17.0 Å². The summed E-state index contributed by atoms with van der Waals surface area (Å²) in [5.74, 6) is -1.12. The molecule has 3 rings (SSSR count). The number of hydrogen-bond donors (Lipinski definition) is 3. The topological polar surface area (TPSA) is 157 Å². The Bertz CT molecular complexity index is 1680. The lowest BCUT2D eigenvalue weighted by Crippen LogP contribution is -2.16. The van der Waals surface area contributed by atoms with E-state index in [1.807, 2.05) is 6.07 Å². The zero-order chi connectivity index (χ0) is 47.7. The van der Waals surface area contributed by atoms with Crippen molar-refractivity contribution in [2.24, 2.45) is 0 Å². The lowest BCUT2D eigenvalue weighted by atomic mass is 9.93. The van der Waals surface area contributed by atoms with E-state index in [1.54, 1.807) is 22.8 Å². The van der Waals surface area contributed by atoms with Gasteiger partial charge in [-0.05, 0) is 31.0 Å². The average molecular weight is 919 g/mol. The maximum absolute atomic E-state index is 13.1. The van der Waals surface area contributed by atoms with Gasteiger partial charge >= 0.3 is 11.9 Å². The summed E-state index contributed by atoms with van der Waals surface area (Å²) in [6.07, 6.45) is 35.1. The molecule has 2 amide bonds. The van der Waals surface area contributed by atoms with Crippen molar-refractivity contribution in [3.05, 3.63) is 30.0 Å². The van der Waals surface area contributed by atoms with Crippen LogP contribution in [-0.4, -0.2) is 56.8 Å². The fourth-order valence-corrected chi connectivity index (χ4v) is 8.17. The minimum absolute atomic E-state index is 0.0351. The molecule has 0 atom stereocenters. The SMILES string of the molecule is CCCCCCCCCCCCCCCCOC(=O)CCC(=O)Nc1cc(NC(=O)CCC(=O)OCCCCCCCCCCCCCCCC)cc(-c2nc3cc(C(C)(C)C)[nH]n3n2)c1. The second-order valence-electron chi connectivity index (χ2n) is 19.7. The van der Waals surface area contributed by atoms with Gasteiger partial charge < -0.3 is 20.1 Å². The molecular formula is C54H90N6O6. The molecule has 0 radical (unpaired) electrons. The summed E-state index contributed by atoms with van der Waals surface area (Å²) in [6.45, 7) is 11.5. The van der Waals surface area contributed by atoms with Crippen LogP contribution in [-0.2, 0) is 34.1 Å². The number of nitrogens with zero attached hydrogens (tertiary/aromatic N) is 3. The smallest absolute Gasteiger partial charge is 0.306 e. The maximum Gasteiger partial charge on any atom is 0.306 e. The number of ether oxygens (including phenoxy) is 2. The highest BCUT2D eigenvalue weighted by molar-refractivity contribution is 5.97. The second kappa shape index (κ2) is 34.1. The van der Waals surface area contributed by atoms with Crippen molar-refractivity contribution < 1.29 is 28.7 Å². The fourth-order valence-electron chi connectivity index (χ4n) is 8.17. The van der Waals surface area contributed by atoms with Crippen LogP contribution >= 0.6 is 0 Å². The highest BCUT2D eigenvalue weighted by atomic mass is 16.5. The van der Waals surface area contributed by atoms with E-state index >= 15 is 0 Å². The number of carbonyl (C=O) groups excluding carboxylic acids is 4. The number of hydrogen-bond acceptors (Lipinski definition) is 8. The Morgan fingerprint density at radius 1 is 0.515 bits per heavy atom. The molecule has 0 spiro atoms. The Morgan fingerprint density at radius 3 is 1.23 bits per heavy atom. The van der Waals surface area contributed by atoms with Gasteiger partial charge in [0, 0.05) is 47.0 Å². The van der Waals surface area contributed by atoms with Crippen molar-refractivity contribution in [3.8, 4) is 11.4 Å². The highest BCUT2D eigenvalue weighted by Gasteiger charge is 2.20. The third kappa shape index (κ3) is 25.6. The second-order valence-corrected chi connectivity index (χ2v) is 19.7. The Balaban J connectivity index is 1.38. The summed E-state index contributed by atoms with van der Waals surface area (Å²) in [5, 5.41) is 13.7. The van der Waals surface area contributed by atoms with Crippen LogP contribution in [0.5, 0.6) is 0 Å². The average Bonchev–Trinajstić information content (AvgIpc) is 3.89. The van der Waals surface area contributed by atoms with Crippen molar-refractivity contribution in [3.63, 3.8) is 0 Å². The maximum atomic E-state index is 13.1. The number of esters is 2. The van der Waals surface area contributed by atoms with Gasteiger partial charge in [0.25, 0.3) is 0 Å². The Kier molecular flexibility index (Phi) is 29.0. The number of carbonyl (C=O) groups is 4. The quantitative estimate of drug-likeness (QED) is 0.0377. The number of amides is 2. The first-order chi connectivity index (χ1) is 32.0. The van der Waals surface area contributed by atoms with Crippen LogP contribution in [0.4, 0.5) is 11.4 Å². The van der Waals surface area contributed by atoms with E-state index in [4.69, 9.17) is 14.5 Å². The number of unbranched alkanes of at least 4 members (excludes halogenated alkanes) is 26. The molecule has 0 aliphatic rings. The van der Waals surface area contributed by atoms with Crippen LogP contribution < -0.4 is 10.6 Å². The first-order valence-electron chi connectivity index (χ1n) is 26.5. The van der Waals surface area contributed by atoms with Crippen LogP contribution in [0.3, 0.4) is 0 Å². The molecule has 3 N–H and O–H groups in total. The zero-order valence-electron chi connectivity index (χ0n) is 42.1. The normalized spacial score (nSPS) is 11.6. The van der Waals surface area contributed by atoms with E-state index in [2.05, 4.69) is 55.4 Å². The summed E-state index contributed by atoms with van der Waals surface area (Å²) in [5.41, 5.74) is 2.87. The molecule has 0 aliphatic carbocycles. The first-order valence-corrected chi connectivity index (χ1v) is 26.5. The van der Waals surface area contributed by atoms with Crippen molar-refractivity contribution in [1.29, 1.82) is 0 Å². The number of benzene rings is 1. The monoisotopic (exact) mass is 919 g/mol. The summed E-state index contributed by atoms with van der Waals surface area (Å²) < 4.78 is 12.5. The molecule has 372 valence electrons. The number of fused-ring (bicyclic) bond motifs is 1. The molecule has 66 heavy (non-hydrogen) atoms. The van der Waals surface area contributed by atoms with Gasteiger partial charge in [0.05, 0.1) is 26.1 Å². The fraction of sp³-hybridized carbons (Fsp3) is 0.741. The Labute approximate surface area is 398 Å². The molecule has 2 heterocycles. The minimum atomic E-state index is -0.397. The third-order valence-corrected chi connectivity index (χ3v) is 12.3. The molecule has 3 aromatic rings. The van der Waals surface area contributed by atoms with E-state index in [0.29, 0.717) is 41.6 Å². The van der Waals surface area contributed by atoms with E-state index in [0.717, 1.165) is 44.2 Å². The predicted octanol–water partition coefficient (Wildman–Crippen LogP) is 14.5. The number of rotatable bonds is 39. The standard InChI is InChI=1S/C54H90N6O6/c1-6-8-10-12-14-16-18-20-22-24-26-28-30-32-38-65-51(63)36-34-49(61)55-45-40-44(53-57-48-43-47(54(3,4)5)58-60(48)59-53)41-46(42-45)56-50(62)35-37-52(64)66-39-33-31-29-27-25-23-21-19-17-15-13-11-9-7-2/h40-43,58H,6-39H2,1-5H3,(H,55,61)(H,56,62). The molecular weight excluding hydrogens is 829 g/mol. The molecule has 0 saturated heterocycles. The van der Waals surface area contributed by atoms with Crippen molar-refractivity contribution in [2.75, 3.05) is 23.8 Å². The van der Waals surface area contributed by atoms with Crippen LogP contribution in [0.2, 0.25) is 0 Å². The van der Waals surface area contributed by atoms with E-state index in [1.165, 1.54) is 141 Å². The van der Waals surface area contributed by atoms with Gasteiger partial charge in [0.15, 0.2) is 11.5 Å². The lowest BCUT2D eigenvalue weighted by Gasteiger charge is -2.14. The molecule has 0 saturated carbocycles. The summed E-state index contributed by atoms with van der Waals surface area (Å²) in [4.78, 5) is 55.8. The molecule has 0 bridgehead atoms. The first kappa shape index (κ1) is 56.1. The van der Waals surface area contributed by atoms with E-state index < -0.39 is 11.9 Å². The number of aromatic nitrogens is 4. The predicted molar refractivity (Wildman–Crippen MR) is 270 cm³/mol. The molecule has 0 fully saturated rings. The van der Waals surface area contributed by atoms with Crippen LogP contribution in [0, 0.1) is 0 Å². The lowest BCUT2D eigenvalue weighted by molar-refractivity contribution is -0.145. The molecule has 12 nitrogen and oxygen atoms in total. The number of anilines is 2. The van der Waals surface area contributed by atoms with Gasteiger partial charge in [-0.2, -0.15) is 4.63 Å². The van der Waals surface area contributed by atoms with Gasteiger partial charge in [0.1, 0.15) is 0 Å². The molecule has 2 aromatic heterocycles. The van der Waals surface area contributed by atoms with E-state index in [9.17, 15) is 19.2 Å². The van der Waals surface area contributed by atoms with Crippen molar-refractivity contribution >= 4 is 40.8 Å². The van der Waals surface area contributed by atoms with Gasteiger partial charge in [-0.25, -0.2) is 4.98 Å². The van der Waals surface area contributed by atoms with Crippen molar-refractivity contribution in [2.45, 2.75) is 245 Å². The minimum Gasteiger partial charge on any atom is -0.466 e. The third-order valence-electron chi connectivity index (χ3n) is 12.3. The van der Waals surface area contributed by atoms with Crippen LogP contribution in [0.15, 0.2) is 24.3 Å². The van der Waals surface area contributed by atoms with Gasteiger partial charge in [-0.1, -0.05) is 202 Å². The molecule has 12 heteroatoms. The number of aromatic amines is 1. The highest BCUT2D eigenvalue weighted by Crippen LogP contribution is 2.28. The Hall–Kier alpha value is -4.22. The van der Waals surface area contributed by atoms with Crippen molar-refractivity contribution in [1.82, 2.24) is 19.8 Å². The van der Waals surface area contributed by atoms with Gasteiger partial charge in [0.2, 0.25) is 11.8 Å². The summed E-state index contributed by atoms with van der Waals surface area (Å²) in [7, 11) is 0. The number of H-pyrrole nitrogens is 1. The van der Waals surface area contributed by atoms with Crippen LogP contribution in [0.1, 0.15) is 246 Å². The molecule has 0 aliphatic heterocycles. The van der Waals surface area contributed by atoms with E-state index in [-0.39, 0.29) is 42.9 Å². The molecule has 0 unspecified atom stereocenters. The zero-order valence-corrected chi connectivity index (χ0v) is 42.1. The largest absolute Gasteiger partial charge is 0.466 e. The molecule has 1 aromatic carbocycles. The summed E-state index contributed by atoms with van der Waals surface area (Å²) in [6, 6.07) is 7.05. The van der Waals surface area contributed by atoms with Gasteiger partial charge in [-0.3, -0.25) is 24.3 Å². The number of nitrogens with one attached hydrogen (secondary N) is 3.